The van der Waals surface area contributed by atoms with Crippen molar-refractivity contribution in [2.75, 3.05) is 0 Å². The maximum absolute atomic E-state index is 5.70. The van der Waals surface area contributed by atoms with E-state index >= 15 is 0 Å². The van der Waals surface area contributed by atoms with Crippen LogP contribution in [0.25, 0.3) is 0 Å². The predicted octanol–water partition coefficient (Wildman–Crippen LogP) is 1.57. The zero-order valence-corrected chi connectivity index (χ0v) is 6.43. The molecule has 1 aromatic rings. The Kier molecular flexibility index (Phi) is 1.42. The van der Waals surface area contributed by atoms with E-state index in [1.807, 2.05) is 6.20 Å². The van der Waals surface area contributed by atoms with E-state index in [1.54, 1.807) is 0 Å². The highest BCUT2D eigenvalue weighted by Gasteiger charge is 2.14. The Morgan fingerprint density at radius 3 is 3.40 bits per heavy atom. The van der Waals surface area contributed by atoms with Gasteiger partial charge in [-0.2, -0.15) is 5.10 Å². The summed E-state index contributed by atoms with van der Waals surface area (Å²) in [6.45, 7) is 1.08. The van der Waals surface area contributed by atoms with E-state index in [0.29, 0.717) is 5.88 Å². The standard InChI is InChI=1S/C7H9ClN2/c8-4-6-5-9-10-3-1-2-7(6)10/h5H,1-4H2. The van der Waals surface area contributed by atoms with Gasteiger partial charge in [0, 0.05) is 17.8 Å². The lowest BCUT2D eigenvalue weighted by Crippen LogP contribution is -1.93. The maximum atomic E-state index is 5.70. The summed E-state index contributed by atoms with van der Waals surface area (Å²) in [4.78, 5) is 0. The van der Waals surface area contributed by atoms with Gasteiger partial charge in [-0.25, -0.2) is 0 Å². The van der Waals surface area contributed by atoms with Crippen LogP contribution in [0.3, 0.4) is 0 Å². The van der Waals surface area contributed by atoms with Gasteiger partial charge in [-0.3, -0.25) is 4.68 Å². The highest BCUT2D eigenvalue weighted by molar-refractivity contribution is 6.17. The minimum absolute atomic E-state index is 0.606. The molecule has 0 N–H and O–H groups in total. The molecule has 0 atom stereocenters. The maximum Gasteiger partial charge on any atom is 0.0536 e. The Labute approximate surface area is 64.8 Å². The molecule has 1 aliphatic rings. The van der Waals surface area contributed by atoms with Gasteiger partial charge in [0.25, 0.3) is 0 Å². The first-order valence-electron chi connectivity index (χ1n) is 3.51. The number of rotatable bonds is 1. The lowest BCUT2D eigenvalue weighted by molar-refractivity contribution is 0.656. The van der Waals surface area contributed by atoms with E-state index in [-0.39, 0.29) is 0 Å². The second kappa shape index (κ2) is 2.27. The third kappa shape index (κ3) is 0.754. The minimum atomic E-state index is 0.606. The quantitative estimate of drug-likeness (QED) is 0.565. The van der Waals surface area contributed by atoms with E-state index in [2.05, 4.69) is 9.78 Å². The fraction of sp³-hybridized carbons (Fsp3) is 0.571. The van der Waals surface area contributed by atoms with Crippen molar-refractivity contribution in [1.29, 1.82) is 0 Å². The van der Waals surface area contributed by atoms with Crippen LogP contribution >= 0.6 is 11.6 Å². The van der Waals surface area contributed by atoms with Gasteiger partial charge >= 0.3 is 0 Å². The number of alkyl halides is 1. The van der Waals surface area contributed by atoms with Crippen LogP contribution in [0.2, 0.25) is 0 Å². The first kappa shape index (κ1) is 6.23. The highest BCUT2D eigenvalue weighted by Crippen LogP contribution is 2.19. The average molecular weight is 157 g/mol. The second-order valence-corrected chi connectivity index (χ2v) is 2.84. The predicted molar refractivity (Wildman–Crippen MR) is 40.1 cm³/mol. The summed E-state index contributed by atoms with van der Waals surface area (Å²) in [5, 5.41) is 4.20. The van der Waals surface area contributed by atoms with Crippen LogP contribution in [-0.2, 0) is 18.8 Å². The van der Waals surface area contributed by atoms with Crippen molar-refractivity contribution < 1.29 is 0 Å². The number of nitrogens with zero attached hydrogens (tertiary/aromatic N) is 2. The first-order chi connectivity index (χ1) is 4.92. The molecule has 0 fully saturated rings. The van der Waals surface area contributed by atoms with Crippen molar-refractivity contribution in [3.63, 3.8) is 0 Å². The number of aromatic nitrogens is 2. The second-order valence-electron chi connectivity index (χ2n) is 2.58. The van der Waals surface area contributed by atoms with Crippen LogP contribution in [0.15, 0.2) is 6.20 Å². The molecule has 0 bridgehead atoms. The van der Waals surface area contributed by atoms with Crippen molar-refractivity contribution in [3.8, 4) is 0 Å². The van der Waals surface area contributed by atoms with Gasteiger partial charge in [0.2, 0.25) is 0 Å². The molecule has 0 unspecified atom stereocenters. The van der Waals surface area contributed by atoms with Crippen molar-refractivity contribution in [1.82, 2.24) is 9.78 Å². The Bertz CT molecular complexity index is 242. The summed E-state index contributed by atoms with van der Waals surface area (Å²) in [5.74, 6) is 0.606. The Hall–Kier alpha value is -0.500. The van der Waals surface area contributed by atoms with E-state index in [0.717, 1.165) is 13.0 Å². The molecule has 54 valence electrons. The molecule has 0 saturated heterocycles. The molecule has 0 amide bonds. The molecule has 0 aliphatic carbocycles. The van der Waals surface area contributed by atoms with Gasteiger partial charge in [0.1, 0.15) is 0 Å². The fourth-order valence-electron chi connectivity index (χ4n) is 1.44. The minimum Gasteiger partial charge on any atom is -0.269 e. The molecule has 1 aromatic heterocycles. The normalized spacial score (nSPS) is 15.7. The average Bonchev–Trinajstić information content (AvgIpc) is 2.44. The van der Waals surface area contributed by atoms with Crippen molar-refractivity contribution >= 4 is 11.6 Å². The van der Waals surface area contributed by atoms with Crippen LogP contribution < -0.4 is 0 Å². The first-order valence-corrected chi connectivity index (χ1v) is 4.05. The summed E-state index contributed by atoms with van der Waals surface area (Å²) in [7, 11) is 0. The molecule has 0 radical (unpaired) electrons. The molecule has 2 nitrogen and oxygen atoms in total. The monoisotopic (exact) mass is 156 g/mol. The molecular formula is C7H9ClN2. The summed E-state index contributed by atoms with van der Waals surface area (Å²) < 4.78 is 2.05. The number of hydrogen-bond donors (Lipinski definition) is 0. The molecule has 0 saturated carbocycles. The number of hydrogen-bond acceptors (Lipinski definition) is 1. The van der Waals surface area contributed by atoms with Crippen LogP contribution in [0.1, 0.15) is 17.7 Å². The van der Waals surface area contributed by atoms with E-state index in [9.17, 15) is 0 Å². The summed E-state index contributed by atoms with van der Waals surface area (Å²) in [6.07, 6.45) is 4.26. The number of aryl methyl sites for hydroxylation is 1. The molecule has 10 heavy (non-hydrogen) atoms. The largest absolute Gasteiger partial charge is 0.269 e. The Morgan fingerprint density at radius 1 is 1.70 bits per heavy atom. The van der Waals surface area contributed by atoms with Crippen molar-refractivity contribution in [2.45, 2.75) is 25.3 Å². The SMILES string of the molecule is ClCc1cnn2c1CCC2. The zero-order chi connectivity index (χ0) is 6.97. The van der Waals surface area contributed by atoms with Gasteiger partial charge in [-0.1, -0.05) is 0 Å². The smallest absolute Gasteiger partial charge is 0.0536 e. The molecule has 2 rings (SSSR count). The molecule has 1 aliphatic heterocycles. The van der Waals surface area contributed by atoms with E-state index < -0.39 is 0 Å². The van der Waals surface area contributed by atoms with Gasteiger partial charge < -0.3 is 0 Å². The van der Waals surface area contributed by atoms with E-state index in [4.69, 9.17) is 11.6 Å². The van der Waals surface area contributed by atoms with Crippen LogP contribution in [0, 0.1) is 0 Å². The van der Waals surface area contributed by atoms with Crippen molar-refractivity contribution in [2.24, 2.45) is 0 Å². The van der Waals surface area contributed by atoms with Gasteiger partial charge in [0.15, 0.2) is 0 Å². The molecule has 3 heteroatoms. The fourth-order valence-corrected chi connectivity index (χ4v) is 1.66. The number of halogens is 1. The lowest BCUT2D eigenvalue weighted by atomic mass is 10.2. The zero-order valence-electron chi connectivity index (χ0n) is 5.68. The van der Waals surface area contributed by atoms with Crippen LogP contribution in [-0.4, -0.2) is 9.78 Å². The lowest BCUT2D eigenvalue weighted by Gasteiger charge is -1.92. The molecule has 0 aromatic carbocycles. The van der Waals surface area contributed by atoms with E-state index in [1.165, 1.54) is 17.7 Å². The van der Waals surface area contributed by atoms with Crippen LogP contribution in [0.4, 0.5) is 0 Å². The third-order valence-electron chi connectivity index (χ3n) is 1.96. The van der Waals surface area contributed by atoms with Crippen molar-refractivity contribution in [3.05, 3.63) is 17.5 Å². The molecule has 2 heterocycles. The summed E-state index contributed by atoms with van der Waals surface area (Å²) >= 11 is 5.70. The molecular weight excluding hydrogens is 148 g/mol. The summed E-state index contributed by atoms with van der Waals surface area (Å²) in [5.41, 5.74) is 2.55. The summed E-state index contributed by atoms with van der Waals surface area (Å²) in [6, 6.07) is 0. The third-order valence-corrected chi connectivity index (χ3v) is 2.25. The molecule has 0 spiro atoms. The van der Waals surface area contributed by atoms with Gasteiger partial charge in [-0.15, -0.1) is 11.6 Å². The van der Waals surface area contributed by atoms with Gasteiger partial charge in [-0.05, 0) is 12.8 Å². The highest BCUT2D eigenvalue weighted by atomic mass is 35.5. The van der Waals surface area contributed by atoms with Crippen LogP contribution in [0.5, 0.6) is 0 Å². The Balaban J connectivity index is 2.44. The van der Waals surface area contributed by atoms with Gasteiger partial charge in [0.05, 0.1) is 12.1 Å². The number of fused-ring (bicyclic) bond motifs is 1. The topological polar surface area (TPSA) is 17.8 Å². The Morgan fingerprint density at radius 2 is 2.60 bits per heavy atom.